The second-order valence-electron chi connectivity index (χ2n) is 4.31. The Hall–Kier alpha value is -0.570. The maximum atomic E-state index is 5.83. The van der Waals surface area contributed by atoms with Crippen molar-refractivity contribution in [1.29, 1.82) is 0 Å². The Balaban J connectivity index is 1.77. The van der Waals surface area contributed by atoms with E-state index in [1.807, 2.05) is 19.1 Å². The van der Waals surface area contributed by atoms with Crippen molar-refractivity contribution in [3.05, 3.63) is 34.9 Å². The van der Waals surface area contributed by atoms with E-state index in [4.69, 9.17) is 21.1 Å². The van der Waals surface area contributed by atoms with E-state index in [0.717, 1.165) is 37.5 Å². The first-order valence-electron chi connectivity index (χ1n) is 5.70. The van der Waals surface area contributed by atoms with Gasteiger partial charge in [-0.2, -0.15) is 0 Å². The summed E-state index contributed by atoms with van der Waals surface area (Å²) in [5.41, 5.74) is 1.31. The Morgan fingerprint density at radius 2 is 1.81 bits per heavy atom. The number of ether oxygens (including phenoxy) is 2. The van der Waals surface area contributed by atoms with Gasteiger partial charge in [0.2, 0.25) is 0 Å². The summed E-state index contributed by atoms with van der Waals surface area (Å²) in [7, 11) is 0. The van der Waals surface area contributed by atoms with Gasteiger partial charge in [0.15, 0.2) is 5.79 Å². The highest BCUT2D eigenvalue weighted by Crippen LogP contribution is 2.25. The van der Waals surface area contributed by atoms with Crippen molar-refractivity contribution in [2.75, 3.05) is 13.2 Å². The molecule has 0 atom stereocenters. The van der Waals surface area contributed by atoms with Crippen LogP contribution >= 0.6 is 11.6 Å². The standard InChI is InChI=1S/C13H17ClO2/c1-13(15-9-10-16-13)8-2-3-11-4-6-12(14)7-5-11/h4-7H,2-3,8-10H2,1H3. The minimum absolute atomic E-state index is 0.355. The highest BCUT2D eigenvalue weighted by atomic mass is 35.5. The number of hydrogen-bond donors (Lipinski definition) is 0. The van der Waals surface area contributed by atoms with Crippen LogP contribution in [0.2, 0.25) is 5.02 Å². The van der Waals surface area contributed by atoms with Crippen molar-refractivity contribution in [2.45, 2.75) is 32.0 Å². The average Bonchev–Trinajstić information content (AvgIpc) is 2.69. The molecule has 0 saturated carbocycles. The summed E-state index contributed by atoms with van der Waals surface area (Å²) in [6.07, 6.45) is 3.05. The van der Waals surface area contributed by atoms with Gasteiger partial charge in [-0.15, -0.1) is 0 Å². The third kappa shape index (κ3) is 3.21. The zero-order valence-corrected chi connectivity index (χ0v) is 10.3. The van der Waals surface area contributed by atoms with Crippen molar-refractivity contribution >= 4 is 11.6 Å². The van der Waals surface area contributed by atoms with Gasteiger partial charge in [-0.25, -0.2) is 0 Å². The smallest absolute Gasteiger partial charge is 0.165 e. The Morgan fingerprint density at radius 1 is 1.19 bits per heavy atom. The second kappa shape index (κ2) is 5.17. The lowest BCUT2D eigenvalue weighted by atomic mass is 10.1. The van der Waals surface area contributed by atoms with Gasteiger partial charge in [0.1, 0.15) is 0 Å². The number of hydrogen-bond acceptors (Lipinski definition) is 2. The van der Waals surface area contributed by atoms with Crippen LogP contribution in [0.1, 0.15) is 25.3 Å². The number of benzene rings is 1. The molecule has 0 aromatic heterocycles. The predicted molar refractivity (Wildman–Crippen MR) is 64.7 cm³/mol. The molecular weight excluding hydrogens is 224 g/mol. The van der Waals surface area contributed by atoms with Crippen LogP contribution in [0.5, 0.6) is 0 Å². The van der Waals surface area contributed by atoms with Gasteiger partial charge in [0.05, 0.1) is 13.2 Å². The van der Waals surface area contributed by atoms with Crippen LogP contribution in [0.15, 0.2) is 24.3 Å². The van der Waals surface area contributed by atoms with Crippen molar-refractivity contribution in [3.8, 4) is 0 Å². The monoisotopic (exact) mass is 240 g/mol. The maximum absolute atomic E-state index is 5.83. The minimum atomic E-state index is -0.355. The predicted octanol–water partition coefficient (Wildman–Crippen LogP) is 3.43. The fourth-order valence-electron chi connectivity index (χ4n) is 1.97. The molecule has 1 heterocycles. The van der Waals surface area contributed by atoms with Gasteiger partial charge in [-0.05, 0) is 37.5 Å². The first kappa shape index (κ1) is 11.9. The van der Waals surface area contributed by atoms with Crippen molar-refractivity contribution in [3.63, 3.8) is 0 Å². The van der Waals surface area contributed by atoms with Crippen LogP contribution in [0.3, 0.4) is 0 Å². The fraction of sp³-hybridized carbons (Fsp3) is 0.538. The van der Waals surface area contributed by atoms with Crippen molar-refractivity contribution in [2.24, 2.45) is 0 Å². The molecule has 1 aliphatic heterocycles. The number of aryl methyl sites for hydroxylation is 1. The van der Waals surface area contributed by atoms with Crippen LogP contribution in [0.4, 0.5) is 0 Å². The zero-order chi connectivity index (χ0) is 11.4. The number of halogens is 1. The van der Waals surface area contributed by atoms with Gasteiger partial charge in [-0.1, -0.05) is 23.7 Å². The van der Waals surface area contributed by atoms with E-state index in [1.54, 1.807) is 0 Å². The van der Waals surface area contributed by atoms with E-state index in [1.165, 1.54) is 5.56 Å². The lowest BCUT2D eigenvalue weighted by molar-refractivity contribution is -0.147. The van der Waals surface area contributed by atoms with Gasteiger partial charge >= 0.3 is 0 Å². The topological polar surface area (TPSA) is 18.5 Å². The lowest BCUT2D eigenvalue weighted by Gasteiger charge is -2.21. The van der Waals surface area contributed by atoms with E-state index in [9.17, 15) is 0 Å². The molecule has 1 aliphatic rings. The highest BCUT2D eigenvalue weighted by Gasteiger charge is 2.29. The SMILES string of the molecule is CC1(CCCc2ccc(Cl)cc2)OCCO1. The van der Waals surface area contributed by atoms with E-state index < -0.39 is 0 Å². The Labute approximate surface area is 102 Å². The molecule has 1 aromatic rings. The molecule has 2 nitrogen and oxygen atoms in total. The molecule has 0 unspecified atom stereocenters. The molecule has 0 N–H and O–H groups in total. The Morgan fingerprint density at radius 3 is 2.44 bits per heavy atom. The summed E-state index contributed by atoms with van der Waals surface area (Å²) in [5.74, 6) is -0.355. The lowest BCUT2D eigenvalue weighted by Crippen LogP contribution is -2.25. The van der Waals surface area contributed by atoms with E-state index in [0.29, 0.717) is 0 Å². The summed E-state index contributed by atoms with van der Waals surface area (Å²) < 4.78 is 11.1. The first-order chi connectivity index (χ1) is 7.68. The molecule has 16 heavy (non-hydrogen) atoms. The largest absolute Gasteiger partial charge is 0.348 e. The summed E-state index contributed by atoms with van der Waals surface area (Å²) in [6, 6.07) is 8.00. The molecule has 1 fully saturated rings. The summed E-state index contributed by atoms with van der Waals surface area (Å²) in [6.45, 7) is 3.46. The van der Waals surface area contributed by atoms with E-state index in [-0.39, 0.29) is 5.79 Å². The number of rotatable bonds is 4. The van der Waals surface area contributed by atoms with Crippen LogP contribution in [0.25, 0.3) is 0 Å². The van der Waals surface area contributed by atoms with Gasteiger partial charge < -0.3 is 9.47 Å². The normalized spacial score (nSPS) is 18.9. The van der Waals surface area contributed by atoms with Gasteiger partial charge in [0, 0.05) is 11.4 Å². The molecule has 0 bridgehead atoms. The van der Waals surface area contributed by atoms with E-state index in [2.05, 4.69) is 12.1 Å². The van der Waals surface area contributed by atoms with Crippen LogP contribution in [-0.2, 0) is 15.9 Å². The summed E-state index contributed by atoms with van der Waals surface area (Å²) >= 11 is 5.83. The quantitative estimate of drug-likeness (QED) is 0.803. The summed E-state index contributed by atoms with van der Waals surface area (Å²) in [5, 5.41) is 0.790. The van der Waals surface area contributed by atoms with E-state index >= 15 is 0 Å². The van der Waals surface area contributed by atoms with Crippen LogP contribution < -0.4 is 0 Å². The van der Waals surface area contributed by atoms with Crippen LogP contribution in [0, 0.1) is 0 Å². The molecule has 0 spiro atoms. The molecule has 0 radical (unpaired) electrons. The van der Waals surface area contributed by atoms with Gasteiger partial charge in [0.25, 0.3) is 0 Å². The third-order valence-corrected chi connectivity index (χ3v) is 3.16. The molecule has 88 valence electrons. The van der Waals surface area contributed by atoms with Crippen molar-refractivity contribution in [1.82, 2.24) is 0 Å². The Kier molecular flexibility index (Phi) is 3.85. The minimum Gasteiger partial charge on any atom is -0.348 e. The molecule has 1 aromatic carbocycles. The molecule has 2 rings (SSSR count). The fourth-order valence-corrected chi connectivity index (χ4v) is 2.09. The first-order valence-corrected chi connectivity index (χ1v) is 6.08. The molecular formula is C13H17ClO2. The zero-order valence-electron chi connectivity index (χ0n) is 9.54. The molecule has 3 heteroatoms. The second-order valence-corrected chi connectivity index (χ2v) is 4.75. The van der Waals surface area contributed by atoms with Crippen LogP contribution in [-0.4, -0.2) is 19.0 Å². The van der Waals surface area contributed by atoms with Crippen molar-refractivity contribution < 1.29 is 9.47 Å². The third-order valence-electron chi connectivity index (χ3n) is 2.91. The molecule has 0 aliphatic carbocycles. The highest BCUT2D eigenvalue weighted by molar-refractivity contribution is 6.30. The Bertz CT molecular complexity index is 328. The van der Waals surface area contributed by atoms with Gasteiger partial charge in [-0.3, -0.25) is 0 Å². The average molecular weight is 241 g/mol. The molecule has 0 amide bonds. The molecule has 1 saturated heterocycles. The maximum Gasteiger partial charge on any atom is 0.165 e. The summed E-state index contributed by atoms with van der Waals surface area (Å²) in [4.78, 5) is 0.